The minimum atomic E-state index is -1.04. The van der Waals surface area contributed by atoms with Crippen molar-refractivity contribution in [3.8, 4) is 0 Å². The highest BCUT2D eigenvalue weighted by Gasteiger charge is 2.32. The quantitative estimate of drug-likeness (QED) is 0.674. The summed E-state index contributed by atoms with van der Waals surface area (Å²) in [4.78, 5) is 34.4. The van der Waals surface area contributed by atoms with Gasteiger partial charge < -0.3 is 9.84 Å². The number of aliphatic carboxylic acids is 1. The zero-order chi connectivity index (χ0) is 16.1. The number of carbonyl (C=O) groups is 2. The summed E-state index contributed by atoms with van der Waals surface area (Å²) in [5.41, 5.74) is 0.555. The molecule has 1 unspecified atom stereocenters. The van der Waals surface area contributed by atoms with Crippen molar-refractivity contribution < 1.29 is 24.4 Å². The number of rotatable bonds is 4. The second-order valence-electron chi connectivity index (χ2n) is 5.02. The number of nitrogens with zero attached hydrogens (tertiary/aromatic N) is 2. The van der Waals surface area contributed by atoms with Gasteiger partial charge in [0.25, 0.3) is 5.69 Å². The number of hydrogen-bond acceptors (Lipinski definition) is 5. The van der Waals surface area contributed by atoms with Gasteiger partial charge in [0.05, 0.1) is 4.92 Å². The van der Waals surface area contributed by atoms with Crippen LogP contribution in [-0.2, 0) is 16.1 Å². The van der Waals surface area contributed by atoms with Crippen LogP contribution in [0, 0.1) is 10.1 Å². The van der Waals surface area contributed by atoms with Gasteiger partial charge in [-0.05, 0) is 37.0 Å². The van der Waals surface area contributed by atoms with Crippen molar-refractivity contribution in [2.75, 3.05) is 6.54 Å². The first kappa shape index (κ1) is 15.7. The van der Waals surface area contributed by atoms with Gasteiger partial charge in [-0.1, -0.05) is 0 Å². The fourth-order valence-corrected chi connectivity index (χ4v) is 2.35. The fourth-order valence-electron chi connectivity index (χ4n) is 2.35. The molecule has 1 aromatic carbocycles. The van der Waals surface area contributed by atoms with E-state index < -0.39 is 23.0 Å². The summed E-state index contributed by atoms with van der Waals surface area (Å²) in [6.07, 6.45) is 1.26. The standard InChI is InChI=1S/C14H16N2O6/c17-13(18)12-3-1-2-8-15(12)14(19)22-9-10-4-6-11(7-5-10)16(20)21/h4-7,12H,1-3,8-9H2,(H,17,18). The lowest BCUT2D eigenvalue weighted by atomic mass is 10.0. The van der Waals surface area contributed by atoms with E-state index in [1.165, 1.54) is 29.2 Å². The molecule has 8 nitrogen and oxygen atoms in total. The lowest BCUT2D eigenvalue weighted by Crippen LogP contribution is -2.48. The maximum Gasteiger partial charge on any atom is 0.410 e. The Bertz CT molecular complexity index is 571. The molecule has 0 bridgehead atoms. The highest BCUT2D eigenvalue weighted by molar-refractivity contribution is 5.80. The number of amides is 1. The first-order chi connectivity index (χ1) is 10.5. The van der Waals surface area contributed by atoms with Gasteiger partial charge in [-0.3, -0.25) is 15.0 Å². The summed E-state index contributed by atoms with van der Waals surface area (Å²) in [7, 11) is 0. The van der Waals surface area contributed by atoms with E-state index in [1.807, 2.05) is 0 Å². The normalized spacial score (nSPS) is 17.8. The van der Waals surface area contributed by atoms with E-state index in [-0.39, 0.29) is 12.3 Å². The minimum absolute atomic E-state index is 0.0444. The van der Waals surface area contributed by atoms with Gasteiger partial charge in [-0.25, -0.2) is 9.59 Å². The minimum Gasteiger partial charge on any atom is -0.480 e. The summed E-state index contributed by atoms with van der Waals surface area (Å²) < 4.78 is 5.10. The van der Waals surface area contributed by atoms with Crippen LogP contribution < -0.4 is 0 Å². The molecule has 1 N–H and O–H groups in total. The van der Waals surface area contributed by atoms with Crippen molar-refractivity contribution >= 4 is 17.7 Å². The number of non-ortho nitro benzene ring substituents is 1. The monoisotopic (exact) mass is 308 g/mol. The number of ether oxygens (including phenoxy) is 1. The van der Waals surface area contributed by atoms with E-state index in [2.05, 4.69) is 0 Å². The van der Waals surface area contributed by atoms with Gasteiger partial charge in [0, 0.05) is 18.7 Å². The smallest absolute Gasteiger partial charge is 0.410 e. The molecule has 1 aliphatic heterocycles. The molecule has 2 rings (SSSR count). The summed E-state index contributed by atoms with van der Waals surface area (Å²) >= 11 is 0. The Morgan fingerprint density at radius 3 is 2.59 bits per heavy atom. The summed E-state index contributed by atoms with van der Waals surface area (Å²) in [6.45, 7) is 0.301. The third kappa shape index (κ3) is 3.72. The highest BCUT2D eigenvalue weighted by atomic mass is 16.6. The predicted molar refractivity (Wildman–Crippen MR) is 75.3 cm³/mol. The van der Waals surface area contributed by atoms with Crippen LogP contribution in [-0.4, -0.2) is 39.6 Å². The number of hydrogen-bond donors (Lipinski definition) is 1. The van der Waals surface area contributed by atoms with Gasteiger partial charge in [0.15, 0.2) is 0 Å². The zero-order valence-corrected chi connectivity index (χ0v) is 11.8. The first-order valence-corrected chi connectivity index (χ1v) is 6.88. The molecule has 1 aliphatic rings. The Hall–Kier alpha value is -2.64. The number of carboxylic acids is 1. The van der Waals surface area contributed by atoms with Crippen molar-refractivity contribution in [3.05, 3.63) is 39.9 Å². The van der Waals surface area contributed by atoms with Crippen LogP contribution in [0.3, 0.4) is 0 Å². The Kier molecular flexibility index (Phi) is 4.92. The molecule has 0 radical (unpaired) electrons. The molecular formula is C14H16N2O6. The molecule has 0 aliphatic carbocycles. The molecule has 1 atom stereocenters. The number of nitro benzene ring substituents is 1. The van der Waals surface area contributed by atoms with Crippen molar-refractivity contribution in [1.82, 2.24) is 4.90 Å². The van der Waals surface area contributed by atoms with Crippen molar-refractivity contribution in [2.24, 2.45) is 0 Å². The van der Waals surface area contributed by atoms with Gasteiger partial charge in [-0.15, -0.1) is 0 Å². The van der Waals surface area contributed by atoms with Crippen LogP contribution in [0.25, 0.3) is 0 Å². The largest absolute Gasteiger partial charge is 0.480 e. The highest BCUT2D eigenvalue weighted by Crippen LogP contribution is 2.19. The number of carbonyl (C=O) groups excluding carboxylic acids is 1. The molecule has 1 heterocycles. The van der Waals surface area contributed by atoms with Crippen LogP contribution in [0.5, 0.6) is 0 Å². The van der Waals surface area contributed by atoms with E-state index in [9.17, 15) is 19.7 Å². The zero-order valence-electron chi connectivity index (χ0n) is 11.8. The predicted octanol–water partition coefficient (Wildman–Crippen LogP) is 2.17. The molecule has 0 spiro atoms. The molecule has 0 saturated carbocycles. The Morgan fingerprint density at radius 2 is 2.00 bits per heavy atom. The molecule has 1 amide bonds. The molecular weight excluding hydrogens is 292 g/mol. The summed E-state index contributed by atoms with van der Waals surface area (Å²) in [5.74, 6) is -1.04. The fraction of sp³-hybridized carbons (Fsp3) is 0.429. The summed E-state index contributed by atoms with van der Waals surface area (Å²) in [6, 6.07) is 4.79. The molecule has 1 saturated heterocycles. The number of likely N-dealkylation sites (tertiary alicyclic amines) is 1. The topological polar surface area (TPSA) is 110 Å². The maximum atomic E-state index is 12.0. The molecule has 1 aromatic rings. The first-order valence-electron chi connectivity index (χ1n) is 6.88. The van der Waals surface area contributed by atoms with Gasteiger partial charge in [0.1, 0.15) is 12.6 Å². The SMILES string of the molecule is O=C(O)C1CCCCN1C(=O)OCc1ccc([N+](=O)[O-])cc1. The Morgan fingerprint density at radius 1 is 1.32 bits per heavy atom. The molecule has 0 aromatic heterocycles. The van der Waals surface area contributed by atoms with E-state index in [1.54, 1.807) is 0 Å². The number of carboxylic acid groups (broad SMARTS) is 1. The molecule has 118 valence electrons. The van der Waals surface area contributed by atoms with Crippen LogP contribution in [0.1, 0.15) is 24.8 Å². The van der Waals surface area contributed by atoms with E-state index in [0.717, 1.165) is 12.8 Å². The Balaban J connectivity index is 1.93. The Labute approximate surface area is 126 Å². The maximum absolute atomic E-state index is 12.0. The van der Waals surface area contributed by atoms with Crippen LogP contribution in [0.2, 0.25) is 0 Å². The van der Waals surface area contributed by atoms with Crippen LogP contribution >= 0.6 is 0 Å². The van der Waals surface area contributed by atoms with Crippen molar-refractivity contribution in [2.45, 2.75) is 31.9 Å². The third-order valence-corrected chi connectivity index (χ3v) is 3.53. The summed E-state index contributed by atoms with van der Waals surface area (Å²) in [5, 5.41) is 19.7. The second-order valence-corrected chi connectivity index (χ2v) is 5.02. The van der Waals surface area contributed by atoms with Gasteiger partial charge in [-0.2, -0.15) is 0 Å². The second kappa shape index (κ2) is 6.88. The molecule has 22 heavy (non-hydrogen) atoms. The van der Waals surface area contributed by atoms with Crippen LogP contribution in [0.15, 0.2) is 24.3 Å². The van der Waals surface area contributed by atoms with E-state index in [0.29, 0.717) is 18.5 Å². The number of piperidine rings is 1. The van der Waals surface area contributed by atoms with Crippen molar-refractivity contribution in [1.29, 1.82) is 0 Å². The van der Waals surface area contributed by atoms with Crippen molar-refractivity contribution in [3.63, 3.8) is 0 Å². The molecule has 8 heteroatoms. The average Bonchev–Trinajstić information content (AvgIpc) is 2.53. The van der Waals surface area contributed by atoms with E-state index >= 15 is 0 Å². The van der Waals surface area contributed by atoms with Gasteiger partial charge >= 0.3 is 12.1 Å². The van der Waals surface area contributed by atoms with Gasteiger partial charge in [0.2, 0.25) is 0 Å². The lowest BCUT2D eigenvalue weighted by Gasteiger charge is -2.31. The van der Waals surface area contributed by atoms with E-state index in [4.69, 9.17) is 9.84 Å². The average molecular weight is 308 g/mol. The lowest BCUT2D eigenvalue weighted by molar-refractivity contribution is -0.384. The molecule has 1 fully saturated rings. The van der Waals surface area contributed by atoms with Crippen LogP contribution in [0.4, 0.5) is 10.5 Å². The number of benzene rings is 1. The third-order valence-electron chi connectivity index (χ3n) is 3.53. The number of nitro groups is 1.